The number of hydrogen-bond acceptors (Lipinski definition) is 4. The Labute approximate surface area is 106 Å². The summed E-state index contributed by atoms with van der Waals surface area (Å²) in [7, 11) is 0. The highest BCUT2D eigenvalue weighted by Crippen LogP contribution is 2.40. The lowest BCUT2D eigenvalue weighted by molar-refractivity contribution is -0.135. The van der Waals surface area contributed by atoms with E-state index < -0.39 is 0 Å². The number of carbonyl (C=O) groups is 1. The topological polar surface area (TPSA) is 68.0 Å². The van der Waals surface area contributed by atoms with Crippen molar-refractivity contribution in [3.8, 4) is 0 Å². The Morgan fingerprint density at radius 2 is 2.47 bits per heavy atom. The molecule has 5 heteroatoms. The molecule has 0 bridgehead atoms. The van der Waals surface area contributed by atoms with Crippen LogP contribution in [0.5, 0.6) is 0 Å². The quantitative estimate of drug-likeness (QED) is 0.835. The Kier molecular flexibility index (Phi) is 3.79. The number of nitrogens with zero attached hydrogens (tertiary/aromatic N) is 1. The highest BCUT2D eigenvalue weighted by molar-refractivity contribution is 7.09. The fraction of sp³-hybridized carbons (Fsp3) is 0.667. The second-order valence-corrected chi connectivity index (χ2v) is 5.75. The number of nitrogens with one attached hydrogen (secondary N) is 1. The number of aromatic nitrogens is 1. The molecule has 4 nitrogen and oxygen atoms in total. The van der Waals surface area contributed by atoms with Gasteiger partial charge in [0.15, 0.2) is 0 Å². The Hall–Kier alpha value is -0.940. The van der Waals surface area contributed by atoms with Gasteiger partial charge in [-0.05, 0) is 12.8 Å². The molecule has 94 valence electrons. The highest BCUT2D eigenvalue weighted by Gasteiger charge is 2.42. The molecule has 17 heavy (non-hydrogen) atoms. The van der Waals surface area contributed by atoms with E-state index in [2.05, 4.69) is 17.2 Å². The predicted molar refractivity (Wildman–Crippen MR) is 68.9 cm³/mol. The molecule has 0 aromatic carbocycles. The summed E-state index contributed by atoms with van der Waals surface area (Å²) in [6, 6.07) is 0. The van der Waals surface area contributed by atoms with Crippen molar-refractivity contribution in [1.29, 1.82) is 0 Å². The third kappa shape index (κ3) is 2.50. The van der Waals surface area contributed by atoms with Gasteiger partial charge in [0.2, 0.25) is 5.91 Å². The van der Waals surface area contributed by atoms with Gasteiger partial charge in [-0.2, -0.15) is 0 Å². The fourth-order valence-corrected chi connectivity index (χ4v) is 2.82. The Balaban J connectivity index is 1.84. The number of amides is 1. The lowest BCUT2D eigenvalue weighted by Gasteiger charge is -2.39. The van der Waals surface area contributed by atoms with Crippen molar-refractivity contribution in [3.05, 3.63) is 16.6 Å². The first kappa shape index (κ1) is 12.5. The molecule has 1 saturated carbocycles. The monoisotopic (exact) mass is 253 g/mol. The maximum absolute atomic E-state index is 12.0. The van der Waals surface area contributed by atoms with E-state index in [0.717, 1.165) is 24.3 Å². The van der Waals surface area contributed by atoms with Gasteiger partial charge >= 0.3 is 0 Å². The van der Waals surface area contributed by atoms with Gasteiger partial charge in [-0.1, -0.05) is 13.3 Å². The van der Waals surface area contributed by atoms with Crippen molar-refractivity contribution in [1.82, 2.24) is 10.3 Å². The summed E-state index contributed by atoms with van der Waals surface area (Å²) in [5.41, 5.74) is 5.42. The summed E-state index contributed by atoms with van der Waals surface area (Å²) in [6.45, 7) is 3.19. The first-order valence-corrected chi connectivity index (χ1v) is 6.94. The van der Waals surface area contributed by atoms with E-state index in [4.69, 9.17) is 5.73 Å². The molecule has 0 saturated heterocycles. The zero-order valence-electron chi connectivity index (χ0n) is 10.1. The molecule has 1 aliphatic carbocycles. The molecule has 0 spiro atoms. The Morgan fingerprint density at radius 1 is 1.71 bits per heavy atom. The van der Waals surface area contributed by atoms with Gasteiger partial charge in [-0.3, -0.25) is 4.79 Å². The molecule has 1 aliphatic rings. The molecule has 1 atom stereocenters. The molecule has 1 amide bonds. The van der Waals surface area contributed by atoms with Crippen LogP contribution in [0.2, 0.25) is 0 Å². The van der Waals surface area contributed by atoms with Gasteiger partial charge in [-0.15, -0.1) is 11.3 Å². The fourth-order valence-electron chi connectivity index (χ4n) is 2.13. The smallest absolute Gasteiger partial charge is 0.227 e. The summed E-state index contributed by atoms with van der Waals surface area (Å²) >= 11 is 1.63. The van der Waals surface area contributed by atoms with Crippen LogP contribution in [0.25, 0.3) is 0 Å². The maximum atomic E-state index is 12.0. The molecule has 1 unspecified atom stereocenters. The van der Waals surface area contributed by atoms with E-state index in [-0.39, 0.29) is 17.2 Å². The maximum Gasteiger partial charge on any atom is 0.227 e. The van der Waals surface area contributed by atoms with E-state index >= 15 is 0 Å². The van der Waals surface area contributed by atoms with Crippen LogP contribution in [-0.2, 0) is 4.79 Å². The van der Waals surface area contributed by atoms with Gasteiger partial charge in [0.1, 0.15) is 0 Å². The lowest BCUT2D eigenvalue weighted by Crippen LogP contribution is -2.50. The SMILES string of the molecule is CC(CNC(=O)C1(CN)CCC1)c1nccs1. The Bertz CT molecular complexity index is 368. The molecule has 1 aromatic rings. The van der Waals surface area contributed by atoms with Crippen LogP contribution in [0.15, 0.2) is 11.6 Å². The largest absolute Gasteiger partial charge is 0.355 e. The van der Waals surface area contributed by atoms with Gasteiger partial charge in [-0.25, -0.2) is 4.98 Å². The number of nitrogens with two attached hydrogens (primary N) is 1. The van der Waals surface area contributed by atoms with Crippen molar-refractivity contribution < 1.29 is 4.79 Å². The number of rotatable bonds is 5. The summed E-state index contributed by atoms with van der Waals surface area (Å²) in [4.78, 5) is 16.3. The molecule has 2 rings (SSSR count). The normalized spacial score (nSPS) is 19.4. The minimum absolute atomic E-state index is 0.120. The van der Waals surface area contributed by atoms with Crippen molar-refractivity contribution >= 4 is 17.2 Å². The summed E-state index contributed by atoms with van der Waals surface area (Å²) in [5, 5.41) is 6.04. The molecular formula is C12H19N3OS. The number of carbonyl (C=O) groups excluding carboxylic acids is 1. The minimum Gasteiger partial charge on any atom is -0.355 e. The number of hydrogen-bond donors (Lipinski definition) is 2. The first-order valence-electron chi connectivity index (χ1n) is 6.06. The molecule has 1 heterocycles. The van der Waals surface area contributed by atoms with Crippen LogP contribution in [0.3, 0.4) is 0 Å². The second kappa shape index (κ2) is 5.14. The van der Waals surface area contributed by atoms with Gasteiger partial charge in [0, 0.05) is 30.6 Å². The Morgan fingerprint density at radius 3 is 2.94 bits per heavy atom. The van der Waals surface area contributed by atoms with E-state index in [1.165, 1.54) is 0 Å². The first-order chi connectivity index (χ1) is 8.18. The van der Waals surface area contributed by atoms with Crippen molar-refractivity contribution in [2.75, 3.05) is 13.1 Å². The standard InChI is InChI=1S/C12H19N3OS/c1-9(10-14-5-6-17-10)7-15-11(16)12(8-13)3-2-4-12/h5-6,9H,2-4,7-8,13H2,1H3,(H,15,16). The molecule has 3 N–H and O–H groups in total. The molecule has 0 radical (unpaired) electrons. The van der Waals surface area contributed by atoms with Crippen LogP contribution in [0, 0.1) is 5.41 Å². The van der Waals surface area contributed by atoms with E-state index in [1.807, 2.05) is 5.38 Å². The molecule has 1 aromatic heterocycles. The summed E-state index contributed by atoms with van der Waals surface area (Å²) in [6.07, 6.45) is 4.78. The van der Waals surface area contributed by atoms with Crippen molar-refractivity contribution in [3.63, 3.8) is 0 Å². The molecular weight excluding hydrogens is 234 g/mol. The zero-order chi connectivity index (χ0) is 12.3. The van der Waals surface area contributed by atoms with Crippen LogP contribution < -0.4 is 11.1 Å². The van der Waals surface area contributed by atoms with Crippen LogP contribution in [0.4, 0.5) is 0 Å². The number of thiazole rings is 1. The van der Waals surface area contributed by atoms with Gasteiger partial charge < -0.3 is 11.1 Å². The van der Waals surface area contributed by atoms with E-state index in [9.17, 15) is 4.79 Å². The van der Waals surface area contributed by atoms with Crippen LogP contribution >= 0.6 is 11.3 Å². The third-order valence-electron chi connectivity index (χ3n) is 3.62. The average molecular weight is 253 g/mol. The molecule has 0 aliphatic heterocycles. The van der Waals surface area contributed by atoms with E-state index in [0.29, 0.717) is 13.1 Å². The predicted octanol–water partition coefficient (Wildman–Crippen LogP) is 1.49. The molecule has 1 fully saturated rings. The van der Waals surface area contributed by atoms with Crippen molar-refractivity contribution in [2.24, 2.45) is 11.1 Å². The van der Waals surface area contributed by atoms with Gasteiger partial charge in [0.05, 0.1) is 10.4 Å². The zero-order valence-corrected chi connectivity index (χ0v) is 10.9. The lowest BCUT2D eigenvalue weighted by atomic mass is 9.68. The third-order valence-corrected chi connectivity index (χ3v) is 4.63. The highest BCUT2D eigenvalue weighted by atomic mass is 32.1. The van der Waals surface area contributed by atoms with Crippen LogP contribution in [-0.4, -0.2) is 24.0 Å². The summed E-state index contributed by atoms with van der Waals surface area (Å²) in [5.74, 6) is 0.392. The second-order valence-electron chi connectivity index (χ2n) is 4.82. The van der Waals surface area contributed by atoms with E-state index in [1.54, 1.807) is 17.5 Å². The van der Waals surface area contributed by atoms with Gasteiger partial charge in [0.25, 0.3) is 0 Å². The summed E-state index contributed by atoms with van der Waals surface area (Å²) < 4.78 is 0. The average Bonchev–Trinajstić information content (AvgIpc) is 2.78. The minimum atomic E-state index is -0.275. The van der Waals surface area contributed by atoms with Crippen LogP contribution in [0.1, 0.15) is 37.1 Å². The van der Waals surface area contributed by atoms with Crippen molar-refractivity contribution in [2.45, 2.75) is 32.1 Å².